The van der Waals surface area contributed by atoms with Gasteiger partial charge in [0.1, 0.15) is 11.3 Å². The van der Waals surface area contributed by atoms with E-state index in [1.54, 1.807) is 12.1 Å². The van der Waals surface area contributed by atoms with Crippen LogP contribution in [0.2, 0.25) is 0 Å². The van der Waals surface area contributed by atoms with Crippen molar-refractivity contribution in [1.82, 2.24) is 5.32 Å². The molecule has 2 amide bonds. The normalized spacial score (nSPS) is 10.8. The highest BCUT2D eigenvalue weighted by molar-refractivity contribution is 5.99. The van der Waals surface area contributed by atoms with Crippen molar-refractivity contribution in [2.45, 2.75) is 19.4 Å². The first kappa shape index (κ1) is 13.8. The fourth-order valence-corrected chi connectivity index (χ4v) is 1.29. The summed E-state index contributed by atoms with van der Waals surface area (Å²) in [4.78, 5) is 23.0. The van der Waals surface area contributed by atoms with E-state index in [-0.39, 0.29) is 0 Å². The molecule has 1 aromatic carbocycles. The van der Waals surface area contributed by atoms with Crippen molar-refractivity contribution < 1.29 is 14.3 Å². The average molecular weight is 251 g/mol. The monoisotopic (exact) mass is 251 g/mol. The number of primary amides is 1. The molecule has 0 unspecified atom stereocenters. The highest BCUT2D eigenvalue weighted by Crippen LogP contribution is 2.22. The Balaban J connectivity index is 2.92. The Hall–Kier alpha value is -2.24. The SMILES string of the molecule is COc1ccc(C(=O)NC(C)(C)C(N)=O)cc1N. The number of benzene rings is 1. The fraction of sp³-hybridized carbons (Fsp3) is 0.333. The number of nitrogens with two attached hydrogens (primary N) is 2. The maximum Gasteiger partial charge on any atom is 0.252 e. The summed E-state index contributed by atoms with van der Waals surface area (Å²) in [6.45, 7) is 3.06. The summed E-state index contributed by atoms with van der Waals surface area (Å²) in [5.74, 6) is -0.550. The van der Waals surface area contributed by atoms with Crippen LogP contribution >= 0.6 is 0 Å². The highest BCUT2D eigenvalue weighted by atomic mass is 16.5. The van der Waals surface area contributed by atoms with E-state index in [9.17, 15) is 9.59 Å². The van der Waals surface area contributed by atoms with Gasteiger partial charge in [-0.3, -0.25) is 9.59 Å². The molecule has 0 aromatic heterocycles. The topological polar surface area (TPSA) is 107 Å². The zero-order valence-corrected chi connectivity index (χ0v) is 10.6. The van der Waals surface area contributed by atoms with Gasteiger partial charge in [-0.15, -0.1) is 0 Å². The number of rotatable bonds is 4. The molecule has 6 nitrogen and oxygen atoms in total. The summed E-state index contributed by atoms with van der Waals surface area (Å²) in [5, 5.41) is 2.53. The minimum absolute atomic E-state index is 0.336. The van der Waals surface area contributed by atoms with Gasteiger partial charge in [-0.2, -0.15) is 0 Å². The summed E-state index contributed by atoms with van der Waals surface area (Å²) >= 11 is 0. The van der Waals surface area contributed by atoms with Crippen molar-refractivity contribution in [3.05, 3.63) is 23.8 Å². The summed E-state index contributed by atoms with van der Waals surface area (Å²) in [6, 6.07) is 4.62. The number of hydrogen-bond acceptors (Lipinski definition) is 4. The zero-order valence-electron chi connectivity index (χ0n) is 10.6. The molecule has 6 heteroatoms. The van der Waals surface area contributed by atoms with Crippen molar-refractivity contribution in [3.8, 4) is 5.75 Å². The molecule has 0 aliphatic carbocycles. The quantitative estimate of drug-likeness (QED) is 0.667. The Morgan fingerprint density at radius 1 is 1.33 bits per heavy atom. The van der Waals surface area contributed by atoms with E-state index < -0.39 is 17.4 Å². The Kier molecular flexibility index (Phi) is 3.80. The van der Waals surface area contributed by atoms with Crippen molar-refractivity contribution in [2.24, 2.45) is 5.73 Å². The zero-order chi connectivity index (χ0) is 13.9. The number of methoxy groups -OCH3 is 1. The molecule has 0 fully saturated rings. The van der Waals surface area contributed by atoms with Gasteiger partial charge >= 0.3 is 0 Å². The number of anilines is 1. The molecule has 0 bridgehead atoms. The van der Waals surface area contributed by atoms with Gasteiger partial charge in [0.05, 0.1) is 12.8 Å². The van der Waals surface area contributed by atoms with Crippen LogP contribution in [-0.2, 0) is 4.79 Å². The third kappa shape index (κ3) is 2.91. The number of nitrogen functional groups attached to an aromatic ring is 1. The van der Waals surface area contributed by atoms with Crippen LogP contribution in [0.5, 0.6) is 5.75 Å². The maximum absolute atomic E-state index is 11.9. The summed E-state index contributed by atoms with van der Waals surface area (Å²) in [5.41, 5.74) is 10.4. The van der Waals surface area contributed by atoms with Gasteiger partial charge in [0.25, 0.3) is 5.91 Å². The molecule has 0 heterocycles. The maximum atomic E-state index is 11.9. The van der Waals surface area contributed by atoms with Crippen LogP contribution in [0, 0.1) is 0 Å². The molecule has 18 heavy (non-hydrogen) atoms. The van der Waals surface area contributed by atoms with Crippen LogP contribution in [0.25, 0.3) is 0 Å². The lowest BCUT2D eigenvalue weighted by molar-refractivity contribution is -0.122. The Labute approximate surface area is 105 Å². The molecule has 1 rings (SSSR count). The Morgan fingerprint density at radius 3 is 2.39 bits per heavy atom. The van der Waals surface area contributed by atoms with Gasteiger partial charge < -0.3 is 21.5 Å². The van der Waals surface area contributed by atoms with E-state index in [4.69, 9.17) is 16.2 Å². The van der Waals surface area contributed by atoms with Crippen molar-refractivity contribution >= 4 is 17.5 Å². The highest BCUT2D eigenvalue weighted by Gasteiger charge is 2.27. The second-order valence-electron chi connectivity index (χ2n) is 4.40. The van der Waals surface area contributed by atoms with Crippen LogP contribution in [0.3, 0.4) is 0 Å². The predicted molar refractivity (Wildman–Crippen MR) is 68.1 cm³/mol. The van der Waals surface area contributed by atoms with Gasteiger partial charge in [-0.1, -0.05) is 0 Å². The first-order chi connectivity index (χ1) is 8.27. The van der Waals surface area contributed by atoms with E-state index in [0.29, 0.717) is 17.0 Å². The lowest BCUT2D eigenvalue weighted by Gasteiger charge is -2.22. The number of ether oxygens (including phenoxy) is 1. The Bertz CT molecular complexity index is 483. The van der Waals surface area contributed by atoms with Gasteiger partial charge in [0, 0.05) is 5.56 Å². The fourth-order valence-electron chi connectivity index (χ4n) is 1.29. The van der Waals surface area contributed by atoms with Crippen molar-refractivity contribution in [3.63, 3.8) is 0 Å². The summed E-state index contributed by atoms with van der Waals surface area (Å²) < 4.78 is 4.99. The first-order valence-electron chi connectivity index (χ1n) is 5.34. The molecule has 5 N–H and O–H groups in total. The van der Waals surface area contributed by atoms with Crippen LogP contribution in [-0.4, -0.2) is 24.5 Å². The molecule has 0 aliphatic heterocycles. The van der Waals surface area contributed by atoms with E-state index in [0.717, 1.165) is 0 Å². The second-order valence-corrected chi connectivity index (χ2v) is 4.40. The van der Waals surface area contributed by atoms with Gasteiger partial charge in [0.15, 0.2) is 0 Å². The van der Waals surface area contributed by atoms with Gasteiger partial charge in [-0.25, -0.2) is 0 Å². The minimum atomic E-state index is -1.12. The Morgan fingerprint density at radius 2 is 1.94 bits per heavy atom. The molecule has 0 saturated heterocycles. The van der Waals surface area contributed by atoms with E-state index in [2.05, 4.69) is 5.32 Å². The molecule has 0 aliphatic rings. The standard InChI is InChI=1S/C12H17N3O3/c1-12(2,11(14)17)15-10(16)7-4-5-9(18-3)8(13)6-7/h4-6H,13H2,1-3H3,(H2,14,17)(H,15,16). The van der Waals surface area contributed by atoms with Crippen molar-refractivity contribution in [2.75, 3.05) is 12.8 Å². The minimum Gasteiger partial charge on any atom is -0.495 e. The van der Waals surface area contributed by atoms with Crippen molar-refractivity contribution in [1.29, 1.82) is 0 Å². The molecule has 0 spiro atoms. The number of nitrogens with one attached hydrogen (secondary N) is 1. The lowest BCUT2D eigenvalue weighted by Crippen LogP contribution is -2.53. The number of carbonyl (C=O) groups excluding carboxylic acids is 2. The molecule has 0 saturated carbocycles. The van der Waals surface area contributed by atoms with E-state index in [1.165, 1.54) is 27.0 Å². The number of carbonyl (C=O) groups is 2. The summed E-state index contributed by atoms with van der Waals surface area (Å²) in [6.07, 6.45) is 0. The average Bonchev–Trinajstić information content (AvgIpc) is 2.28. The summed E-state index contributed by atoms with van der Waals surface area (Å²) in [7, 11) is 1.49. The molecule has 0 radical (unpaired) electrons. The first-order valence-corrected chi connectivity index (χ1v) is 5.34. The van der Waals surface area contributed by atoms with E-state index >= 15 is 0 Å². The predicted octanol–water partition coefficient (Wildman–Crippen LogP) is 0.271. The largest absolute Gasteiger partial charge is 0.495 e. The second kappa shape index (κ2) is 4.95. The molecule has 98 valence electrons. The van der Waals surface area contributed by atoms with Gasteiger partial charge in [0.2, 0.25) is 5.91 Å². The van der Waals surface area contributed by atoms with Crippen LogP contribution < -0.4 is 21.5 Å². The van der Waals surface area contributed by atoms with Gasteiger partial charge in [-0.05, 0) is 32.0 Å². The number of amides is 2. The third-order valence-electron chi connectivity index (χ3n) is 2.53. The van der Waals surface area contributed by atoms with Crippen LogP contribution in [0.4, 0.5) is 5.69 Å². The van der Waals surface area contributed by atoms with E-state index in [1.807, 2.05) is 0 Å². The van der Waals surface area contributed by atoms with Crippen LogP contribution in [0.1, 0.15) is 24.2 Å². The molecular formula is C12H17N3O3. The third-order valence-corrected chi connectivity index (χ3v) is 2.53. The smallest absolute Gasteiger partial charge is 0.252 e. The lowest BCUT2D eigenvalue weighted by atomic mass is 10.0. The molecule has 0 atom stereocenters. The van der Waals surface area contributed by atoms with Crippen LogP contribution in [0.15, 0.2) is 18.2 Å². The molecular weight excluding hydrogens is 234 g/mol. The number of hydrogen-bond donors (Lipinski definition) is 3. The molecule has 1 aromatic rings.